The Kier molecular flexibility index (Phi) is 12.5. The highest BCUT2D eigenvalue weighted by atomic mass is 19.1. The van der Waals surface area contributed by atoms with Crippen LogP contribution >= 0.6 is 0 Å². The van der Waals surface area contributed by atoms with Crippen molar-refractivity contribution in [3.05, 3.63) is 65.8 Å². The Hall–Kier alpha value is -4.03. The van der Waals surface area contributed by atoms with E-state index >= 15 is 0 Å². The van der Waals surface area contributed by atoms with E-state index in [0.29, 0.717) is 37.2 Å². The topological polar surface area (TPSA) is 106 Å². The molecule has 0 saturated carbocycles. The summed E-state index contributed by atoms with van der Waals surface area (Å²) in [5.41, 5.74) is 1.04. The molecule has 1 aliphatic rings. The fraction of sp³-hybridized carbons (Fsp3) is 0.414. The number of halogens is 2. The molecular formula is C29H40F2N8O2. The monoisotopic (exact) mass is 570 g/mol. The van der Waals surface area contributed by atoms with Gasteiger partial charge in [0.05, 0.1) is 12.1 Å². The van der Waals surface area contributed by atoms with Crippen molar-refractivity contribution in [2.75, 3.05) is 58.5 Å². The lowest BCUT2D eigenvalue weighted by Gasteiger charge is -2.35. The number of aromatic amines is 2. The molecule has 0 unspecified atom stereocenters. The van der Waals surface area contributed by atoms with Crippen molar-refractivity contribution in [1.29, 1.82) is 0 Å². The van der Waals surface area contributed by atoms with Crippen molar-refractivity contribution >= 4 is 29.3 Å². The quantitative estimate of drug-likeness (QED) is 0.161. The van der Waals surface area contributed by atoms with Crippen molar-refractivity contribution in [2.24, 2.45) is 9.98 Å². The van der Waals surface area contributed by atoms with Gasteiger partial charge in [-0.05, 0) is 19.7 Å². The number of ether oxygens (including phenoxy) is 2. The fourth-order valence-electron chi connectivity index (χ4n) is 4.21. The number of nitrogens with zero attached hydrogens (tertiary/aromatic N) is 5. The van der Waals surface area contributed by atoms with Gasteiger partial charge >= 0.3 is 0 Å². The number of amidine groups is 1. The summed E-state index contributed by atoms with van der Waals surface area (Å²) in [7, 11) is 1.69. The summed E-state index contributed by atoms with van der Waals surface area (Å²) in [4.78, 5) is 15.8. The lowest BCUT2D eigenvalue weighted by atomic mass is 10.2. The summed E-state index contributed by atoms with van der Waals surface area (Å²) in [6.07, 6.45) is 7.95. The number of aliphatic imine (C=N–C) groups is 2. The number of fused-ring (bicyclic) bond motifs is 1. The van der Waals surface area contributed by atoms with Crippen molar-refractivity contribution in [2.45, 2.75) is 27.2 Å². The minimum absolute atomic E-state index is 0.0957. The van der Waals surface area contributed by atoms with Crippen LogP contribution in [0.5, 0.6) is 5.75 Å². The van der Waals surface area contributed by atoms with E-state index in [9.17, 15) is 8.78 Å². The summed E-state index contributed by atoms with van der Waals surface area (Å²) in [5, 5.41) is 10.5. The van der Waals surface area contributed by atoms with Crippen molar-refractivity contribution in [1.82, 2.24) is 25.0 Å². The minimum Gasteiger partial charge on any atom is -0.468 e. The normalized spacial score (nSPS) is 14.8. The van der Waals surface area contributed by atoms with Crippen LogP contribution in [-0.2, 0) is 11.2 Å². The number of H-pyrrole nitrogens is 2. The molecule has 4 rings (SSSR count). The van der Waals surface area contributed by atoms with Crippen molar-refractivity contribution in [3.63, 3.8) is 0 Å². The minimum atomic E-state index is -0.644. The molecule has 41 heavy (non-hydrogen) atoms. The van der Waals surface area contributed by atoms with Gasteiger partial charge < -0.3 is 24.7 Å². The van der Waals surface area contributed by atoms with Gasteiger partial charge in [-0.3, -0.25) is 10.00 Å². The Morgan fingerprint density at radius 3 is 2.71 bits per heavy atom. The molecule has 1 aliphatic heterocycles. The molecule has 0 spiro atoms. The number of nitrogens with one attached hydrogen (secondary N) is 3. The van der Waals surface area contributed by atoms with Crippen LogP contribution < -0.4 is 10.1 Å². The van der Waals surface area contributed by atoms with Crippen LogP contribution in [0.4, 0.5) is 14.6 Å². The molecule has 0 aliphatic carbocycles. The van der Waals surface area contributed by atoms with E-state index in [2.05, 4.69) is 47.0 Å². The first kappa shape index (κ1) is 31.5. The van der Waals surface area contributed by atoms with Gasteiger partial charge in [0, 0.05) is 81.7 Å². The van der Waals surface area contributed by atoms with Gasteiger partial charge in [-0.2, -0.15) is 5.10 Å². The first-order chi connectivity index (χ1) is 20.0. The van der Waals surface area contributed by atoms with E-state index < -0.39 is 11.6 Å². The molecule has 1 saturated heterocycles. The summed E-state index contributed by atoms with van der Waals surface area (Å²) in [5.74, 6) is 0.147. The standard InChI is InChI=1S/C27H34F2N8O2.C2H6/c1-4-5-6-19-15-24(35-34-19)33-23(30-2)17-25(37-11-9-36(10-12-37)13-14-38-3)32-18-39-22-16-21(28)27-20(26(22)29)7-8-31-27;1-2/h4-5,7-8,15-17,31H,2,6,9-14,18H2,1,3H3,(H2,33,34,35);1-2H3/b5-4+,23-17+,32-25+;. The Bertz CT molecular complexity index is 1340. The van der Waals surface area contributed by atoms with Gasteiger partial charge in [-0.15, -0.1) is 0 Å². The van der Waals surface area contributed by atoms with E-state index in [0.717, 1.165) is 37.8 Å². The van der Waals surface area contributed by atoms with E-state index in [4.69, 9.17) is 9.47 Å². The number of hydrogen-bond donors (Lipinski definition) is 3. The highest BCUT2D eigenvalue weighted by molar-refractivity contribution is 5.94. The van der Waals surface area contributed by atoms with Gasteiger partial charge in [-0.1, -0.05) is 26.0 Å². The number of methoxy groups -OCH3 is 1. The van der Waals surface area contributed by atoms with Crippen LogP contribution in [0.25, 0.3) is 10.9 Å². The Morgan fingerprint density at radius 1 is 1.22 bits per heavy atom. The molecular weight excluding hydrogens is 530 g/mol. The molecule has 2 aromatic heterocycles. The third kappa shape index (κ3) is 8.73. The van der Waals surface area contributed by atoms with Gasteiger partial charge in [0.15, 0.2) is 29.9 Å². The van der Waals surface area contributed by atoms with Crippen LogP contribution in [0.1, 0.15) is 26.5 Å². The summed E-state index contributed by atoms with van der Waals surface area (Å²) in [6.45, 7) is 14.0. The molecule has 222 valence electrons. The van der Waals surface area contributed by atoms with Gasteiger partial charge in [0.25, 0.3) is 0 Å². The number of hydrogen-bond acceptors (Lipinski definition) is 7. The fourth-order valence-corrected chi connectivity index (χ4v) is 4.21. The second kappa shape index (κ2) is 16.3. The number of rotatable bonds is 12. The maximum absolute atomic E-state index is 14.8. The number of piperazine rings is 1. The van der Waals surface area contributed by atoms with Gasteiger partial charge in [-0.25, -0.2) is 18.8 Å². The zero-order valence-electron chi connectivity index (χ0n) is 24.2. The summed E-state index contributed by atoms with van der Waals surface area (Å²) in [6, 6.07) is 4.38. The van der Waals surface area contributed by atoms with E-state index in [-0.39, 0.29) is 23.4 Å². The van der Waals surface area contributed by atoms with Crippen LogP contribution in [0.3, 0.4) is 0 Å². The number of allylic oxidation sites excluding steroid dienone is 2. The second-order valence-corrected chi connectivity index (χ2v) is 8.91. The SMILES string of the molecule is C=N/C(=C\C(=N/COc1cc(F)c2[nH]ccc2c1F)N1CCN(CCOC)CC1)Nc1cc(C/C=C/C)[nH]n1.CC. The third-order valence-electron chi connectivity index (χ3n) is 6.35. The highest BCUT2D eigenvalue weighted by Gasteiger charge is 2.20. The third-order valence-corrected chi connectivity index (χ3v) is 6.35. The molecule has 0 radical (unpaired) electrons. The number of aromatic nitrogens is 3. The van der Waals surface area contributed by atoms with Gasteiger partial charge in [0.2, 0.25) is 0 Å². The van der Waals surface area contributed by atoms with Gasteiger partial charge in [0.1, 0.15) is 11.7 Å². The maximum atomic E-state index is 14.8. The molecule has 12 heteroatoms. The Labute approximate surface area is 239 Å². The largest absolute Gasteiger partial charge is 0.468 e. The van der Waals surface area contributed by atoms with Crippen molar-refractivity contribution < 1.29 is 18.3 Å². The lowest BCUT2D eigenvalue weighted by molar-refractivity contribution is 0.120. The highest BCUT2D eigenvalue weighted by Crippen LogP contribution is 2.28. The van der Waals surface area contributed by atoms with E-state index in [1.807, 2.05) is 39.0 Å². The lowest BCUT2D eigenvalue weighted by Crippen LogP contribution is -2.49. The smallest absolute Gasteiger partial charge is 0.181 e. The van der Waals surface area contributed by atoms with E-state index in [1.165, 1.54) is 12.3 Å². The van der Waals surface area contributed by atoms with Crippen LogP contribution in [0.2, 0.25) is 0 Å². The molecule has 0 atom stereocenters. The summed E-state index contributed by atoms with van der Waals surface area (Å²) < 4.78 is 40.0. The Morgan fingerprint density at radius 2 is 2.00 bits per heavy atom. The van der Waals surface area contributed by atoms with Crippen LogP contribution in [0, 0.1) is 11.6 Å². The molecule has 3 heterocycles. The molecule has 0 bridgehead atoms. The molecule has 1 fully saturated rings. The maximum Gasteiger partial charge on any atom is 0.181 e. The number of anilines is 1. The number of benzene rings is 1. The molecule has 0 amide bonds. The van der Waals surface area contributed by atoms with E-state index in [1.54, 1.807) is 13.2 Å². The zero-order chi connectivity index (χ0) is 29.6. The second-order valence-electron chi connectivity index (χ2n) is 8.91. The molecule has 3 N–H and O–H groups in total. The first-order valence-electron chi connectivity index (χ1n) is 13.7. The van der Waals surface area contributed by atoms with Crippen LogP contribution in [-0.4, -0.2) is 90.7 Å². The van der Waals surface area contributed by atoms with Crippen LogP contribution in [0.15, 0.2) is 58.4 Å². The predicted molar refractivity (Wildman–Crippen MR) is 161 cm³/mol. The van der Waals surface area contributed by atoms with Crippen molar-refractivity contribution in [3.8, 4) is 5.75 Å². The molecule has 10 nitrogen and oxygen atoms in total. The Balaban J connectivity index is 0.00000226. The first-order valence-corrected chi connectivity index (χ1v) is 13.7. The average molecular weight is 571 g/mol. The summed E-state index contributed by atoms with van der Waals surface area (Å²) >= 11 is 0. The molecule has 3 aromatic rings. The average Bonchev–Trinajstić information content (AvgIpc) is 3.68. The predicted octanol–water partition coefficient (Wildman–Crippen LogP) is 4.97. The molecule has 1 aromatic carbocycles. The zero-order valence-corrected chi connectivity index (χ0v) is 24.2.